The summed E-state index contributed by atoms with van der Waals surface area (Å²) in [5.74, 6) is 0. The molecule has 1 rings (SSSR count). The second kappa shape index (κ2) is 6.44. The van der Waals surface area contributed by atoms with Gasteiger partial charge in [0, 0.05) is 46.5 Å². The van der Waals surface area contributed by atoms with Gasteiger partial charge in [-0.2, -0.15) is 26.3 Å². The van der Waals surface area contributed by atoms with Crippen LogP contribution in [0.4, 0.5) is 32.0 Å². The number of rotatable bonds is 2. The minimum Gasteiger partial charge on any atom is -0.755 e. The molecule has 1 atom stereocenters. The van der Waals surface area contributed by atoms with Gasteiger partial charge in [0.15, 0.2) is 0 Å². The molecule has 0 saturated heterocycles. The fraction of sp³-hybridized carbons (Fsp3) is 0.250. The summed E-state index contributed by atoms with van der Waals surface area (Å²) in [6.07, 6.45) is -10.0. The van der Waals surface area contributed by atoms with Gasteiger partial charge in [-0.3, -0.25) is 4.21 Å². The van der Waals surface area contributed by atoms with E-state index >= 15 is 0 Å². The first-order valence-electron chi connectivity index (χ1n) is 4.15. The van der Waals surface area contributed by atoms with Gasteiger partial charge in [0.1, 0.15) is 0 Å². The molecular formula is C8H4F6NNaO2S-. The Morgan fingerprint density at radius 1 is 0.947 bits per heavy atom. The Kier molecular flexibility index (Phi) is 6.34. The summed E-state index contributed by atoms with van der Waals surface area (Å²) in [5, 5.41) is 0. The van der Waals surface area contributed by atoms with E-state index in [-0.39, 0.29) is 47.8 Å². The Morgan fingerprint density at radius 2 is 1.32 bits per heavy atom. The fourth-order valence-electron chi connectivity index (χ4n) is 1.11. The van der Waals surface area contributed by atoms with Crippen LogP contribution >= 0.6 is 0 Å². The predicted molar refractivity (Wildman–Crippen MR) is 54.7 cm³/mol. The first-order valence-corrected chi connectivity index (χ1v) is 5.23. The van der Waals surface area contributed by atoms with Gasteiger partial charge < -0.3 is 9.27 Å². The van der Waals surface area contributed by atoms with Gasteiger partial charge in [-0.1, -0.05) is 0 Å². The van der Waals surface area contributed by atoms with Crippen molar-refractivity contribution >= 4 is 46.5 Å². The SMILES string of the molecule is O=S([O-])Nc1cc(C(F)(F)F)cc(C(F)(F)F)c1.[Na]. The van der Waals surface area contributed by atoms with Crippen LogP contribution in [0, 0.1) is 0 Å². The molecule has 103 valence electrons. The van der Waals surface area contributed by atoms with Crippen molar-refractivity contribution in [1.29, 1.82) is 0 Å². The van der Waals surface area contributed by atoms with Crippen molar-refractivity contribution in [3.63, 3.8) is 0 Å². The zero-order valence-electron chi connectivity index (χ0n) is 9.22. The van der Waals surface area contributed by atoms with Crippen LogP contribution in [0.1, 0.15) is 11.1 Å². The second-order valence-corrected chi connectivity index (χ2v) is 3.80. The molecule has 19 heavy (non-hydrogen) atoms. The molecule has 0 heterocycles. The van der Waals surface area contributed by atoms with E-state index in [1.165, 1.54) is 4.72 Å². The Morgan fingerprint density at radius 3 is 1.58 bits per heavy atom. The fourth-order valence-corrected chi connectivity index (χ4v) is 1.42. The first kappa shape index (κ1) is 18.7. The van der Waals surface area contributed by atoms with Crippen molar-refractivity contribution < 1.29 is 35.1 Å². The van der Waals surface area contributed by atoms with E-state index in [1.807, 2.05) is 0 Å². The third kappa shape index (κ3) is 5.69. The normalized spacial score (nSPS) is 13.6. The van der Waals surface area contributed by atoms with Gasteiger partial charge in [-0.25, -0.2) is 0 Å². The van der Waals surface area contributed by atoms with Crippen molar-refractivity contribution in [2.45, 2.75) is 12.4 Å². The van der Waals surface area contributed by atoms with Crippen LogP contribution in [0.15, 0.2) is 18.2 Å². The van der Waals surface area contributed by atoms with Crippen LogP contribution < -0.4 is 4.72 Å². The van der Waals surface area contributed by atoms with Crippen LogP contribution in [-0.2, 0) is 23.6 Å². The molecule has 0 amide bonds. The summed E-state index contributed by atoms with van der Waals surface area (Å²) in [5.41, 5.74) is -4.00. The third-order valence-corrected chi connectivity index (χ3v) is 2.19. The number of hydrogen-bond acceptors (Lipinski definition) is 2. The van der Waals surface area contributed by atoms with Crippen molar-refractivity contribution in [1.82, 2.24) is 0 Å². The Labute approximate surface area is 128 Å². The maximum Gasteiger partial charge on any atom is 0.416 e. The number of alkyl halides is 6. The topological polar surface area (TPSA) is 52.2 Å². The van der Waals surface area contributed by atoms with E-state index in [1.54, 1.807) is 0 Å². The minimum absolute atomic E-state index is 0. The molecular weight excluding hydrogens is 311 g/mol. The van der Waals surface area contributed by atoms with Crippen molar-refractivity contribution in [3.05, 3.63) is 29.3 Å². The average molecular weight is 315 g/mol. The standard InChI is InChI=1S/C8H5F6NO2S.Na/c9-7(10,11)4-1-5(8(12,13)14)3-6(2-4)15-18(16)17;/h1-3,15H,(H,16,17);/p-1. The third-order valence-electron chi connectivity index (χ3n) is 1.79. The van der Waals surface area contributed by atoms with Gasteiger partial charge in [0.2, 0.25) is 0 Å². The molecule has 3 nitrogen and oxygen atoms in total. The molecule has 1 unspecified atom stereocenters. The van der Waals surface area contributed by atoms with Gasteiger partial charge in [-0.15, -0.1) is 0 Å². The van der Waals surface area contributed by atoms with Crippen molar-refractivity contribution in [2.75, 3.05) is 4.72 Å². The second-order valence-electron chi connectivity index (χ2n) is 3.13. The summed E-state index contributed by atoms with van der Waals surface area (Å²) in [6, 6.07) is 0.439. The predicted octanol–water partition coefficient (Wildman–Crippen LogP) is 2.55. The van der Waals surface area contributed by atoms with Crippen molar-refractivity contribution in [3.8, 4) is 0 Å². The maximum atomic E-state index is 12.3. The van der Waals surface area contributed by atoms with Crippen LogP contribution in [0.2, 0.25) is 0 Å². The van der Waals surface area contributed by atoms with E-state index in [0.717, 1.165) is 0 Å². The molecule has 11 heteroatoms. The van der Waals surface area contributed by atoms with Gasteiger partial charge in [-0.05, 0) is 18.2 Å². The van der Waals surface area contributed by atoms with Gasteiger partial charge in [0.25, 0.3) is 0 Å². The smallest absolute Gasteiger partial charge is 0.416 e. The number of anilines is 1. The summed E-state index contributed by atoms with van der Waals surface area (Å²) in [7, 11) is 0. The molecule has 0 aliphatic heterocycles. The van der Waals surface area contributed by atoms with Crippen LogP contribution in [0.5, 0.6) is 0 Å². The molecule has 1 aromatic carbocycles. The summed E-state index contributed by atoms with van der Waals surface area (Å²) < 4.78 is 95.8. The monoisotopic (exact) mass is 315 g/mol. The molecule has 1 radical (unpaired) electrons. The van der Waals surface area contributed by atoms with Crippen molar-refractivity contribution in [2.24, 2.45) is 0 Å². The van der Waals surface area contributed by atoms with Gasteiger partial charge in [0.05, 0.1) is 11.1 Å². The van der Waals surface area contributed by atoms with Crippen LogP contribution in [-0.4, -0.2) is 38.3 Å². The molecule has 0 fully saturated rings. The van der Waals surface area contributed by atoms with Gasteiger partial charge >= 0.3 is 12.4 Å². The molecule has 1 aromatic rings. The maximum absolute atomic E-state index is 12.3. The Bertz CT molecular complexity index is 443. The molecule has 0 bridgehead atoms. The summed E-state index contributed by atoms with van der Waals surface area (Å²) in [6.45, 7) is 0. The molecule has 0 aliphatic carbocycles. The Hall–Kier alpha value is -0.290. The van der Waals surface area contributed by atoms with E-state index in [9.17, 15) is 35.1 Å². The molecule has 0 aliphatic rings. The zero-order valence-corrected chi connectivity index (χ0v) is 12.0. The number of hydrogen-bond donors (Lipinski definition) is 1. The Balaban J connectivity index is 0.00000324. The number of nitrogens with one attached hydrogen (secondary N) is 1. The first-order chi connectivity index (χ1) is 8.00. The molecule has 0 aromatic heterocycles. The van der Waals surface area contributed by atoms with E-state index in [4.69, 9.17) is 0 Å². The average Bonchev–Trinajstić information content (AvgIpc) is 2.13. The quantitative estimate of drug-likeness (QED) is 0.518. The summed E-state index contributed by atoms with van der Waals surface area (Å²) >= 11 is -3.02. The van der Waals surface area contributed by atoms with E-state index in [2.05, 4.69) is 0 Å². The van der Waals surface area contributed by atoms with Crippen LogP contribution in [0.3, 0.4) is 0 Å². The summed E-state index contributed by atoms with van der Waals surface area (Å²) in [4.78, 5) is 0. The zero-order chi connectivity index (χ0) is 14.1. The molecule has 0 saturated carbocycles. The number of halogens is 6. The molecule has 1 N–H and O–H groups in total. The van der Waals surface area contributed by atoms with E-state index < -0.39 is 40.4 Å². The van der Waals surface area contributed by atoms with Crippen LogP contribution in [0.25, 0.3) is 0 Å². The largest absolute Gasteiger partial charge is 0.755 e. The number of benzene rings is 1. The minimum atomic E-state index is -5.01. The van der Waals surface area contributed by atoms with E-state index in [0.29, 0.717) is 0 Å². The molecule has 0 spiro atoms.